The van der Waals surface area contributed by atoms with Gasteiger partial charge < -0.3 is 15.0 Å². The molecule has 0 aliphatic rings. The first-order valence-electron chi connectivity index (χ1n) is 8.55. The quantitative estimate of drug-likeness (QED) is 0.731. The van der Waals surface area contributed by atoms with E-state index < -0.39 is 0 Å². The summed E-state index contributed by atoms with van der Waals surface area (Å²) in [5, 5.41) is 3.28. The summed E-state index contributed by atoms with van der Waals surface area (Å²) in [5.74, 6) is -0.195. The Bertz CT molecular complexity index is 716. The maximum absolute atomic E-state index is 12.5. The highest BCUT2D eigenvalue weighted by molar-refractivity contribution is 7.15. The van der Waals surface area contributed by atoms with Crippen LogP contribution in [0.25, 0.3) is 0 Å². The van der Waals surface area contributed by atoms with E-state index in [4.69, 9.17) is 4.74 Å². The van der Waals surface area contributed by atoms with E-state index in [1.807, 2.05) is 51.1 Å². The molecule has 1 N–H and O–H groups in total. The van der Waals surface area contributed by atoms with Gasteiger partial charge in [0.2, 0.25) is 11.8 Å². The number of nitrogens with zero attached hydrogens (tertiary/aromatic N) is 2. The molecule has 0 saturated heterocycles. The molecule has 0 unspecified atom stereocenters. The lowest BCUT2D eigenvalue weighted by atomic mass is 10.2. The van der Waals surface area contributed by atoms with Crippen LogP contribution in [0.1, 0.15) is 24.3 Å². The number of aromatic nitrogens is 1. The zero-order chi connectivity index (χ0) is 18.9. The molecule has 0 aliphatic heterocycles. The van der Waals surface area contributed by atoms with Crippen LogP contribution in [0.2, 0.25) is 0 Å². The zero-order valence-electron chi connectivity index (χ0n) is 15.4. The molecule has 0 bridgehead atoms. The van der Waals surface area contributed by atoms with Crippen LogP contribution in [0.4, 0.5) is 5.13 Å². The lowest BCUT2D eigenvalue weighted by Gasteiger charge is -2.23. The molecule has 2 aromatic rings. The number of carbonyl (C=O) groups excluding carboxylic acids is 2. The Morgan fingerprint density at radius 3 is 2.62 bits per heavy atom. The van der Waals surface area contributed by atoms with Gasteiger partial charge in [-0.3, -0.25) is 9.59 Å². The smallest absolute Gasteiger partial charge is 0.249 e. The fourth-order valence-electron chi connectivity index (χ4n) is 2.36. The minimum absolute atomic E-state index is 0.00959. The van der Waals surface area contributed by atoms with Crippen molar-refractivity contribution in [2.24, 2.45) is 5.92 Å². The monoisotopic (exact) mass is 375 g/mol. The van der Waals surface area contributed by atoms with Gasteiger partial charge in [0.05, 0.1) is 6.61 Å². The van der Waals surface area contributed by atoms with Gasteiger partial charge in [0.15, 0.2) is 5.13 Å². The molecule has 2 amide bonds. The Kier molecular flexibility index (Phi) is 7.74. The zero-order valence-corrected chi connectivity index (χ0v) is 16.2. The minimum atomic E-state index is -0.253. The predicted octanol–water partition coefficient (Wildman–Crippen LogP) is 3.09. The summed E-state index contributed by atoms with van der Waals surface area (Å²) in [5.41, 5.74) is 1.01. The lowest BCUT2D eigenvalue weighted by Crippen LogP contribution is -2.42. The second-order valence-electron chi connectivity index (χ2n) is 6.47. The lowest BCUT2D eigenvalue weighted by molar-refractivity contribution is -0.139. The summed E-state index contributed by atoms with van der Waals surface area (Å²) in [6.07, 6.45) is 1.70. The van der Waals surface area contributed by atoms with E-state index in [1.165, 1.54) is 16.2 Å². The molecule has 7 heteroatoms. The van der Waals surface area contributed by atoms with Crippen molar-refractivity contribution in [2.45, 2.75) is 27.4 Å². The summed E-state index contributed by atoms with van der Waals surface area (Å²) >= 11 is 1.41. The van der Waals surface area contributed by atoms with Crippen LogP contribution in [-0.4, -0.2) is 41.4 Å². The molecule has 1 aromatic carbocycles. The van der Waals surface area contributed by atoms with Gasteiger partial charge in [-0.05, 0) is 18.4 Å². The van der Waals surface area contributed by atoms with E-state index in [9.17, 15) is 9.59 Å². The van der Waals surface area contributed by atoms with Crippen molar-refractivity contribution in [3.05, 3.63) is 47.0 Å². The number of hydrogen-bond acceptors (Lipinski definition) is 5. The molecule has 0 spiro atoms. The highest BCUT2D eigenvalue weighted by atomic mass is 32.1. The fraction of sp³-hybridized carbons (Fsp3) is 0.421. The first-order chi connectivity index (χ1) is 12.4. The van der Waals surface area contributed by atoms with Gasteiger partial charge in [0.1, 0.15) is 13.2 Å². The van der Waals surface area contributed by atoms with Crippen LogP contribution in [-0.2, 0) is 20.9 Å². The number of thiazole rings is 1. The van der Waals surface area contributed by atoms with Gasteiger partial charge in [-0.1, -0.05) is 44.2 Å². The van der Waals surface area contributed by atoms with Crippen LogP contribution in [0, 0.1) is 12.8 Å². The Morgan fingerprint density at radius 1 is 1.27 bits per heavy atom. The molecule has 1 aromatic heterocycles. The summed E-state index contributed by atoms with van der Waals surface area (Å²) in [4.78, 5) is 31.4. The third-order valence-corrected chi connectivity index (χ3v) is 4.31. The molecule has 0 saturated carbocycles. The largest absolute Gasteiger partial charge is 0.367 e. The van der Waals surface area contributed by atoms with Crippen LogP contribution >= 0.6 is 11.3 Å². The number of benzene rings is 1. The Balaban J connectivity index is 1.86. The first kappa shape index (κ1) is 20.1. The average Bonchev–Trinajstić information content (AvgIpc) is 2.99. The van der Waals surface area contributed by atoms with Gasteiger partial charge in [0.25, 0.3) is 0 Å². The Hall–Kier alpha value is -2.25. The molecular weight excluding hydrogens is 350 g/mol. The van der Waals surface area contributed by atoms with Crippen molar-refractivity contribution >= 4 is 28.3 Å². The van der Waals surface area contributed by atoms with E-state index in [0.717, 1.165) is 10.4 Å². The number of amides is 2. The number of hydrogen-bond donors (Lipinski definition) is 1. The Morgan fingerprint density at radius 2 is 2.00 bits per heavy atom. The van der Waals surface area contributed by atoms with E-state index in [2.05, 4.69) is 10.3 Å². The third-order valence-electron chi connectivity index (χ3n) is 3.48. The molecule has 0 aliphatic carbocycles. The molecule has 26 heavy (non-hydrogen) atoms. The van der Waals surface area contributed by atoms with Gasteiger partial charge in [-0.2, -0.15) is 0 Å². The van der Waals surface area contributed by atoms with Crippen molar-refractivity contribution in [1.29, 1.82) is 0 Å². The van der Waals surface area contributed by atoms with Crippen molar-refractivity contribution in [2.75, 3.05) is 25.0 Å². The Labute approximate surface area is 158 Å². The SMILES string of the molecule is Cc1cnc(NC(=O)CN(CC(C)C)C(=O)COCc2ccccc2)s1. The number of anilines is 1. The van der Waals surface area contributed by atoms with Crippen molar-refractivity contribution in [3.63, 3.8) is 0 Å². The van der Waals surface area contributed by atoms with Gasteiger partial charge in [-0.15, -0.1) is 11.3 Å². The predicted molar refractivity (Wildman–Crippen MR) is 103 cm³/mol. The van der Waals surface area contributed by atoms with E-state index in [0.29, 0.717) is 18.3 Å². The van der Waals surface area contributed by atoms with Crippen molar-refractivity contribution in [3.8, 4) is 0 Å². The third kappa shape index (κ3) is 6.93. The maximum atomic E-state index is 12.5. The number of aryl methyl sites for hydroxylation is 1. The highest BCUT2D eigenvalue weighted by Gasteiger charge is 2.19. The molecular formula is C19H25N3O3S. The number of rotatable bonds is 9. The minimum Gasteiger partial charge on any atom is -0.367 e. The van der Waals surface area contributed by atoms with Crippen LogP contribution < -0.4 is 5.32 Å². The van der Waals surface area contributed by atoms with Gasteiger partial charge in [0, 0.05) is 17.6 Å². The van der Waals surface area contributed by atoms with Crippen LogP contribution in [0.5, 0.6) is 0 Å². The van der Waals surface area contributed by atoms with Crippen LogP contribution in [0.3, 0.4) is 0 Å². The van der Waals surface area contributed by atoms with Crippen LogP contribution in [0.15, 0.2) is 36.5 Å². The average molecular weight is 375 g/mol. The summed E-state index contributed by atoms with van der Waals surface area (Å²) < 4.78 is 5.51. The molecule has 0 fully saturated rings. The number of ether oxygens (including phenoxy) is 1. The van der Waals surface area contributed by atoms with Gasteiger partial charge in [-0.25, -0.2) is 4.98 Å². The molecule has 6 nitrogen and oxygen atoms in total. The topological polar surface area (TPSA) is 71.5 Å². The number of carbonyl (C=O) groups is 2. The summed E-state index contributed by atoms with van der Waals surface area (Å²) in [6, 6.07) is 9.67. The normalized spacial score (nSPS) is 10.8. The van der Waals surface area contributed by atoms with Gasteiger partial charge >= 0.3 is 0 Å². The molecule has 1 heterocycles. The van der Waals surface area contributed by atoms with E-state index in [-0.39, 0.29) is 30.9 Å². The fourth-order valence-corrected chi connectivity index (χ4v) is 3.04. The molecule has 0 radical (unpaired) electrons. The second kappa shape index (κ2) is 10.0. The van der Waals surface area contributed by atoms with Crippen molar-refractivity contribution in [1.82, 2.24) is 9.88 Å². The standard InChI is InChI=1S/C19H25N3O3S/c1-14(2)10-22(11-17(23)21-19-20-9-15(3)26-19)18(24)13-25-12-16-7-5-4-6-8-16/h4-9,14H,10-13H2,1-3H3,(H,20,21,23). The molecule has 0 atom stereocenters. The summed E-state index contributed by atoms with van der Waals surface area (Å²) in [6.45, 7) is 6.74. The first-order valence-corrected chi connectivity index (χ1v) is 9.37. The summed E-state index contributed by atoms with van der Waals surface area (Å²) in [7, 11) is 0. The number of nitrogens with one attached hydrogen (secondary N) is 1. The molecule has 140 valence electrons. The van der Waals surface area contributed by atoms with E-state index in [1.54, 1.807) is 6.20 Å². The maximum Gasteiger partial charge on any atom is 0.249 e. The van der Waals surface area contributed by atoms with Crippen molar-refractivity contribution < 1.29 is 14.3 Å². The molecule has 2 rings (SSSR count). The van der Waals surface area contributed by atoms with E-state index >= 15 is 0 Å². The second-order valence-corrected chi connectivity index (χ2v) is 7.71. The highest BCUT2D eigenvalue weighted by Crippen LogP contribution is 2.16.